The van der Waals surface area contributed by atoms with Gasteiger partial charge in [0.1, 0.15) is 0 Å². The number of aromatic nitrogens is 1. The number of aryl methyl sites for hydroxylation is 1. The SMILES string of the molecule is Cc1nc(N(C)C2CC2)sc1C(N)CO. The lowest BCUT2D eigenvalue weighted by Crippen LogP contribution is -2.18. The summed E-state index contributed by atoms with van der Waals surface area (Å²) in [5.41, 5.74) is 6.75. The molecule has 1 saturated carbocycles. The van der Waals surface area contributed by atoms with Crippen molar-refractivity contribution >= 4 is 16.5 Å². The van der Waals surface area contributed by atoms with E-state index in [1.54, 1.807) is 11.3 Å². The van der Waals surface area contributed by atoms with Crippen molar-refractivity contribution in [2.45, 2.75) is 31.8 Å². The molecule has 15 heavy (non-hydrogen) atoms. The van der Waals surface area contributed by atoms with Gasteiger partial charge >= 0.3 is 0 Å². The van der Waals surface area contributed by atoms with E-state index < -0.39 is 0 Å². The molecule has 2 rings (SSSR count). The number of aliphatic hydroxyl groups is 1. The Kier molecular flexibility index (Phi) is 2.95. The first-order valence-corrected chi connectivity index (χ1v) is 6.01. The van der Waals surface area contributed by atoms with Crippen LogP contribution in [0, 0.1) is 6.92 Å². The van der Waals surface area contributed by atoms with E-state index in [0.717, 1.165) is 15.7 Å². The predicted molar refractivity (Wildman–Crippen MR) is 62.3 cm³/mol. The lowest BCUT2D eigenvalue weighted by molar-refractivity contribution is 0.269. The maximum Gasteiger partial charge on any atom is 0.185 e. The van der Waals surface area contributed by atoms with Gasteiger partial charge in [-0.25, -0.2) is 4.98 Å². The van der Waals surface area contributed by atoms with Crippen LogP contribution in [0.4, 0.5) is 5.13 Å². The van der Waals surface area contributed by atoms with E-state index in [1.165, 1.54) is 12.8 Å². The van der Waals surface area contributed by atoms with Gasteiger partial charge in [0.15, 0.2) is 5.13 Å². The third-order valence-electron chi connectivity index (χ3n) is 2.75. The van der Waals surface area contributed by atoms with Crippen LogP contribution in [-0.2, 0) is 0 Å². The van der Waals surface area contributed by atoms with Crippen LogP contribution >= 0.6 is 11.3 Å². The second-order valence-electron chi connectivity index (χ2n) is 4.08. The number of hydrogen-bond acceptors (Lipinski definition) is 5. The Morgan fingerprint density at radius 2 is 2.33 bits per heavy atom. The van der Waals surface area contributed by atoms with Gasteiger partial charge in [-0.1, -0.05) is 11.3 Å². The van der Waals surface area contributed by atoms with E-state index >= 15 is 0 Å². The van der Waals surface area contributed by atoms with Gasteiger partial charge in [-0.05, 0) is 19.8 Å². The molecule has 0 radical (unpaired) electrons. The lowest BCUT2D eigenvalue weighted by Gasteiger charge is -2.13. The normalized spacial score (nSPS) is 17.9. The molecule has 0 aromatic carbocycles. The molecule has 1 aromatic heterocycles. The molecule has 1 fully saturated rings. The van der Waals surface area contributed by atoms with Crippen LogP contribution in [-0.4, -0.2) is 29.8 Å². The van der Waals surface area contributed by atoms with Crippen molar-refractivity contribution in [3.63, 3.8) is 0 Å². The molecule has 1 atom stereocenters. The molecule has 5 heteroatoms. The van der Waals surface area contributed by atoms with Crippen molar-refractivity contribution in [2.75, 3.05) is 18.6 Å². The second-order valence-corrected chi connectivity index (χ2v) is 5.09. The van der Waals surface area contributed by atoms with Gasteiger partial charge in [-0.3, -0.25) is 0 Å². The third-order valence-corrected chi connectivity index (χ3v) is 4.13. The molecule has 0 amide bonds. The van der Waals surface area contributed by atoms with Crippen LogP contribution in [0.25, 0.3) is 0 Å². The highest BCUT2D eigenvalue weighted by Crippen LogP contribution is 2.35. The minimum Gasteiger partial charge on any atom is -0.394 e. The van der Waals surface area contributed by atoms with Crippen molar-refractivity contribution in [3.05, 3.63) is 10.6 Å². The quantitative estimate of drug-likeness (QED) is 0.807. The minimum absolute atomic E-state index is 0.0182. The van der Waals surface area contributed by atoms with E-state index in [0.29, 0.717) is 6.04 Å². The molecule has 0 saturated heterocycles. The molecule has 4 nitrogen and oxygen atoms in total. The smallest absolute Gasteiger partial charge is 0.185 e. The topological polar surface area (TPSA) is 62.4 Å². The van der Waals surface area contributed by atoms with Crippen LogP contribution < -0.4 is 10.6 Å². The maximum absolute atomic E-state index is 9.02. The van der Waals surface area contributed by atoms with E-state index in [2.05, 4.69) is 16.9 Å². The first-order valence-electron chi connectivity index (χ1n) is 5.20. The number of aliphatic hydroxyl groups excluding tert-OH is 1. The molecular weight excluding hydrogens is 210 g/mol. The summed E-state index contributed by atoms with van der Waals surface area (Å²) in [5.74, 6) is 0. The fourth-order valence-electron chi connectivity index (χ4n) is 1.59. The van der Waals surface area contributed by atoms with Crippen LogP contribution in [0.1, 0.15) is 29.5 Å². The van der Waals surface area contributed by atoms with Crippen LogP contribution in [0.5, 0.6) is 0 Å². The van der Waals surface area contributed by atoms with Gasteiger partial charge < -0.3 is 15.7 Å². The van der Waals surface area contributed by atoms with Crippen molar-refractivity contribution < 1.29 is 5.11 Å². The average molecular weight is 227 g/mol. The molecule has 1 aliphatic rings. The average Bonchev–Trinajstić information content (AvgIpc) is 3.00. The fourth-order valence-corrected chi connectivity index (χ4v) is 2.68. The fraction of sp³-hybridized carbons (Fsp3) is 0.700. The molecule has 84 valence electrons. The zero-order chi connectivity index (χ0) is 11.0. The summed E-state index contributed by atoms with van der Waals surface area (Å²) in [6.07, 6.45) is 2.52. The predicted octanol–water partition coefficient (Wildman–Crippen LogP) is 1.04. The monoisotopic (exact) mass is 227 g/mol. The Hall–Kier alpha value is -0.650. The standard InChI is InChI=1S/C10H17N3OS/c1-6-9(8(11)5-14)15-10(12-6)13(2)7-3-4-7/h7-8,14H,3-5,11H2,1-2H3. The summed E-state index contributed by atoms with van der Waals surface area (Å²) >= 11 is 1.60. The molecule has 1 aromatic rings. The Labute approximate surface area is 93.7 Å². The summed E-state index contributed by atoms with van der Waals surface area (Å²) < 4.78 is 0. The summed E-state index contributed by atoms with van der Waals surface area (Å²) in [4.78, 5) is 7.71. The summed E-state index contributed by atoms with van der Waals surface area (Å²) in [6.45, 7) is 1.93. The van der Waals surface area contributed by atoms with Gasteiger partial charge in [-0.2, -0.15) is 0 Å². The minimum atomic E-state index is -0.288. The van der Waals surface area contributed by atoms with Crippen molar-refractivity contribution in [1.82, 2.24) is 4.98 Å². The number of rotatable bonds is 4. The summed E-state index contributed by atoms with van der Waals surface area (Å²) in [5, 5.41) is 10.0. The molecule has 0 spiro atoms. The van der Waals surface area contributed by atoms with Crippen LogP contribution in [0.3, 0.4) is 0 Å². The van der Waals surface area contributed by atoms with Gasteiger partial charge in [-0.15, -0.1) is 0 Å². The Bertz CT molecular complexity index is 348. The zero-order valence-corrected chi connectivity index (χ0v) is 9.92. The van der Waals surface area contributed by atoms with Gasteiger partial charge in [0.25, 0.3) is 0 Å². The van der Waals surface area contributed by atoms with Crippen molar-refractivity contribution in [2.24, 2.45) is 5.73 Å². The molecule has 1 unspecified atom stereocenters. The highest BCUT2D eigenvalue weighted by Gasteiger charge is 2.29. The number of thiazole rings is 1. The zero-order valence-electron chi connectivity index (χ0n) is 9.10. The van der Waals surface area contributed by atoms with Crippen molar-refractivity contribution in [3.8, 4) is 0 Å². The van der Waals surface area contributed by atoms with Gasteiger partial charge in [0.2, 0.25) is 0 Å². The van der Waals surface area contributed by atoms with Crippen molar-refractivity contribution in [1.29, 1.82) is 0 Å². The largest absolute Gasteiger partial charge is 0.394 e. The summed E-state index contributed by atoms with van der Waals surface area (Å²) in [7, 11) is 2.07. The maximum atomic E-state index is 9.02. The Morgan fingerprint density at radius 3 is 2.87 bits per heavy atom. The number of nitrogens with zero attached hydrogens (tertiary/aromatic N) is 2. The van der Waals surface area contributed by atoms with E-state index in [4.69, 9.17) is 10.8 Å². The third kappa shape index (κ3) is 2.14. The summed E-state index contributed by atoms with van der Waals surface area (Å²) in [6, 6.07) is 0.373. The van der Waals surface area contributed by atoms with Gasteiger partial charge in [0, 0.05) is 18.0 Å². The lowest BCUT2D eigenvalue weighted by atomic mass is 10.2. The Balaban J connectivity index is 2.19. The van der Waals surface area contributed by atoms with E-state index in [1.807, 2.05) is 6.92 Å². The highest BCUT2D eigenvalue weighted by molar-refractivity contribution is 7.15. The first kappa shape index (κ1) is 10.9. The first-order chi connectivity index (χ1) is 7.13. The van der Waals surface area contributed by atoms with Gasteiger partial charge in [0.05, 0.1) is 18.3 Å². The highest BCUT2D eigenvalue weighted by atomic mass is 32.1. The molecule has 3 N–H and O–H groups in total. The molecule has 0 bridgehead atoms. The number of nitrogens with two attached hydrogens (primary N) is 1. The molecule has 1 heterocycles. The van der Waals surface area contributed by atoms with Crippen LogP contribution in [0.15, 0.2) is 0 Å². The van der Waals surface area contributed by atoms with E-state index in [-0.39, 0.29) is 12.6 Å². The molecule has 0 aliphatic heterocycles. The number of anilines is 1. The van der Waals surface area contributed by atoms with E-state index in [9.17, 15) is 0 Å². The molecule has 1 aliphatic carbocycles. The second kappa shape index (κ2) is 4.08. The van der Waals surface area contributed by atoms with Crippen LogP contribution in [0.2, 0.25) is 0 Å². The molecular formula is C10H17N3OS. The number of hydrogen-bond donors (Lipinski definition) is 2. The Morgan fingerprint density at radius 1 is 1.67 bits per heavy atom.